The summed E-state index contributed by atoms with van der Waals surface area (Å²) in [5.41, 5.74) is 1.34. The number of hydrogen-bond acceptors (Lipinski definition) is 3. The van der Waals surface area contributed by atoms with Crippen LogP contribution in [0.15, 0.2) is 24.3 Å². The van der Waals surface area contributed by atoms with E-state index in [-0.39, 0.29) is 24.4 Å². The van der Waals surface area contributed by atoms with Crippen molar-refractivity contribution in [2.24, 2.45) is 0 Å². The van der Waals surface area contributed by atoms with Gasteiger partial charge < -0.3 is 20.1 Å². The van der Waals surface area contributed by atoms with E-state index in [0.29, 0.717) is 13.2 Å². The van der Waals surface area contributed by atoms with Crippen molar-refractivity contribution in [3.05, 3.63) is 29.8 Å². The molecule has 0 radical (unpaired) electrons. The highest BCUT2D eigenvalue weighted by Crippen LogP contribution is 2.24. The first-order valence-electron chi connectivity index (χ1n) is 7.64. The molecule has 6 nitrogen and oxygen atoms in total. The van der Waals surface area contributed by atoms with Crippen LogP contribution in [-0.2, 0) is 10.2 Å². The smallest absolute Gasteiger partial charge is 0.317 e. The van der Waals surface area contributed by atoms with Gasteiger partial charge in [0.15, 0.2) is 0 Å². The summed E-state index contributed by atoms with van der Waals surface area (Å²) in [4.78, 5) is 23.5. The molecule has 128 valence electrons. The van der Waals surface area contributed by atoms with Crippen molar-refractivity contribution in [1.82, 2.24) is 10.2 Å². The standard InChI is InChI=1S/C17H26N2O4/c1-17(2,3)13-5-7-14(8-6-13)23-12-10-18-16(22)19(4)11-9-15(20)21/h5-8H,9-12H2,1-4H3,(H,18,22)(H,20,21). The zero-order valence-electron chi connectivity index (χ0n) is 14.3. The summed E-state index contributed by atoms with van der Waals surface area (Å²) in [5.74, 6) is -0.168. The van der Waals surface area contributed by atoms with E-state index in [4.69, 9.17) is 9.84 Å². The number of hydrogen-bond donors (Lipinski definition) is 2. The molecule has 0 atom stereocenters. The monoisotopic (exact) mass is 322 g/mol. The zero-order valence-corrected chi connectivity index (χ0v) is 14.3. The minimum Gasteiger partial charge on any atom is -0.492 e. The van der Waals surface area contributed by atoms with Crippen molar-refractivity contribution in [3.63, 3.8) is 0 Å². The fourth-order valence-electron chi connectivity index (χ4n) is 1.88. The molecule has 0 fully saturated rings. The molecule has 0 spiro atoms. The Kier molecular flexibility index (Phi) is 6.88. The van der Waals surface area contributed by atoms with E-state index < -0.39 is 5.97 Å². The number of nitrogens with one attached hydrogen (secondary N) is 1. The average Bonchev–Trinajstić information content (AvgIpc) is 2.48. The molecule has 1 aromatic rings. The predicted octanol–water partition coefficient (Wildman–Crippen LogP) is 2.48. The van der Waals surface area contributed by atoms with Crippen LogP contribution in [0, 0.1) is 0 Å². The second-order valence-electron chi connectivity index (χ2n) is 6.42. The molecule has 0 heterocycles. The first-order valence-corrected chi connectivity index (χ1v) is 7.64. The Balaban J connectivity index is 2.29. The van der Waals surface area contributed by atoms with Crippen LogP contribution in [0.1, 0.15) is 32.8 Å². The molecule has 6 heteroatoms. The lowest BCUT2D eigenvalue weighted by molar-refractivity contribution is -0.137. The topological polar surface area (TPSA) is 78.9 Å². The molecule has 0 saturated heterocycles. The van der Waals surface area contributed by atoms with E-state index in [1.807, 2.05) is 24.3 Å². The van der Waals surface area contributed by atoms with Crippen molar-refractivity contribution in [2.45, 2.75) is 32.6 Å². The molecule has 0 bridgehead atoms. The minimum atomic E-state index is -0.924. The normalized spacial score (nSPS) is 11.0. The van der Waals surface area contributed by atoms with E-state index >= 15 is 0 Å². The molecule has 2 N–H and O–H groups in total. The molecule has 0 aromatic heterocycles. The molecular weight excluding hydrogens is 296 g/mol. The lowest BCUT2D eigenvalue weighted by Gasteiger charge is -2.19. The van der Waals surface area contributed by atoms with Crippen LogP contribution in [0.5, 0.6) is 5.75 Å². The van der Waals surface area contributed by atoms with Gasteiger partial charge in [-0.15, -0.1) is 0 Å². The molecule has 1 rings (SSSR count). The Hall–Kier alpha value is -2.24. The van der Waals surface area contributed by atoms with Crippen LogP contribution in [-0.4, -0.2) is 48.8 Å². The Morgan fingerprint density at radius 1 is 1.22 bits per heavy atom. The molecule has 0 saturated carbocycles. The van der Waals surface area contributed by atoms with Crippen molar-refractivity contribution < 1.29 is 19.4 Å². The molecule has 0 aliphatic carbocycles. The van der Waals surface area contributed by atoms with E-state index in [1.54, 1.807) is 7.05 Å². The Labute approximate surface area is 137 Å². The summed E-state index contributed by atoms with van der Waals surface area (Å²) in [6.07, 6.45) is -0.0689. The number of nitrogens with zero attached hydrogens (tertiary/aromatic N) is 1. The highest BCUT2D eigenvalue weighted by Gasteiger charge is 2.13. The average molecular weight is 322 g/mol. The number of rotatable bonds is 7. The van der Waals surface area contributed by atoms with Gasteiger partial charge in [-0.25, -0.2) is 4.79 Å². The lowest BCUT2D eigenvalue weighted by Crippen LogP contribution is -2.40. The van der Waals surface area contributed by atoms with Crippen molar-refractivity contribution in [1.29, 1.82) is 0 Å². The Morgan fingerprint density at radius 3 is 2.35 bits per heavy atom. The second kappa shape index (κ2) is 8.41. The van der Waals surface area contributed by atoms with Gasteiger partial charge in [-0.2, -0.15) is 0 Å². The predicted molar refractivity (Wildman–Crippen MR) is 88.9 cm³/mol. The van der Waals surface area contributed by atoms with Gasteiger partial charge in [-0.1, -0.05) is 32.9 Å². The van der Waals surface area contributed by atoms with E-state index in [9.17, 15) is 9.59 Å². The largest absolute Gasteiger partial charge is 0.492 e. The first-order chi connectivity index (χ1) is 10.7. The first kappa shape index (κ1) is 18.8. The van der Waals surface area contributed by atoms with E-state index in [0.717, 1.165) is 5.75 Å². The summed E-state index contributed by atoms with van der Waals surface area (Å²) < 4.78 is 5.57. The number of amides is 2. The molecule has 0 aliphatic heterocycles. The quantitative estimate of drug-likeness (QED) is 0.756. The van der Waals surface area contributed by atoms with Crippen molar-refractivity contribution in [2.75, 3.05) is 26.7 Å². The van der Waals surface area contributed by atoms with Crippen LogP contribution in [0.3, 0.4) is 0 Å². The highest BCUT2D eigenvalue weighted by molar-refractivity contribution is 5.74. The summed E-state index contributed by atoms with van der Waals surface area (Å²) in [6.45, 7) is 7.35. The van der Waals surface area contributed by atoms with Gasteiger partial charge in [0.2, 0.25) is 0 Å². The number of carboxylic acid groups (broad SMARTS) is 1. The van der Waals surface area contributed by atoms with Gasteiger partial charge in [0.1, 0.15) is 12.4 Å². The molecule has 23 heavy (non-hydrogen) atoms. The van der Waals surface area contributed by atoms with Gasteiger partial charge in [0, 0.05) is 13.6 Å². The summed E-state index contributed by atoms with van der Waals surface area (Å²) >= 11 is 0. The Bertz CT molecular complexity index is 520. The SMILES string of the molecule is CN(CCC(=O)O)C(=O)NCCOc1ccc(C(C)(C)C)cc1. The maximum atomic E-state index is 11.7. The van der Waals surface area contributed by atoms with Crippen LogP contribution in [0.2, 0.25) is 0 Å². The van der Waals surface area contributed by atoms with Crippen molar-refractivity contribution in [3.8, 4) is 5.75 Å². The maximum absolute atomic E-state index is 11.7. The lowest BCUT2D eigenvalue weighted by atomic mass is 9.87. The number of carboxylic acids is 1. The van der Waals surface area contributed by atoms with Gasteiger partial charge in [0.25, 0.3) is 0 Å². The summed E-state index contributed by atoms with van der Waals surface area (Å²) in [6, 6.07) is 7.60. The molecule has 0 aliphatic rings. The van der Waals surface area contributed by atoms with Gasteiger partial charge in [-0.3, -0.25) is 4.79 Å². The second-order valence-corrected chi connectivity index (χ2v) is 6.42. The van der Waals surface area contributed by atoms with Crippen LogP contribution in [0.25, 0.3) is 0 Å². The zero-order chi connectivity index (χ0) is 17.5. The number of benzene rings is 1. The number of aliphatic carboxylic acids is 1. The number of carbonyl (C=O) groups excluding carboxylic acids is 1. The summed E-state index contributed by atoms with van der Waals surface area (Å²) in [7, 11) is 1.56. The number of ether oxygens (including phenoxy) is 1. The highest BCUT2D eigenvalue weighted by atomic mass is 16.5. The molecule has 2 amide bonds. The number of carbonyl (C=O) groups is 2. The van der Waals surface area contributed by atoms with Crippen LogP contribution in [0.4, 0.5) is 4.79 Å². The third-order valence-corrected chi connectivity index (χ3v) is 3.38. The van der Waals surface area contributed by atoms with Crippen molar-refractivity contribution >= 4 is 12.0 Å². The Morgan fingerprint density at radius 2 is 1.83 bits per heavy atom. The van der Waals surface area contributed by atoms with E-state index in [2.05, 4.69) is 26.1 Å². The summed E-state index contributed by atoms with van der Waals surface area (Å²) in [5, 5.41) is 11.3. The van der Waals surface area contributed by atoms with Gasteiger partial charge in [-0.05, 0) is 23.1 Å². The minimum absolute atomic E-state index is 0.0689. The third kappa shape index (κ3) is 7.04. The van der Waals surface area contributed by atoms with E-state index in [1.165, 1.54) is 10.5 Å². The maximum Gasteiger partial charge on any atom is 0.317 e. The number of urea groups is 1. The van der Waals surface area contributed by atoms with Crippen LogP contribution < -0.4 is 10.1 Å². The fraction of sp³-hybridized carbons (Fsp3) is 0.529. The van der Waals surface area contributed by atoms with Gasteiger partial charge >= 0.3 is 12.0 Å². The molecular formula is C17H26N2O4. The third-order valence-electron chi connectivity index (χ3n) is 3.38. The van der Waals surface area contributed by atoms with Gasteiger partial charge in [0.05, 0.1) is 13.0 Å². The molecule has 1 aromatic carbocycles. The van der Waals surface area contributed by atoms with Crippen LogP contribution >= 0.6 is 0 Å². The fourth-order valence-corrected chi connectivity index (χ4v) is 1.88. The molecule has 0 unspecified atom stereocenters.